The molecule has 1 aliphatic heterocycles. The maximum atomic E-state index is 13.7. The van der Waals surface area contributed by atoms with Gasteiger partial charge in [0.25, 0.3) is 5.91 Å². The second kappa shape index (κ2) is 13.7. The first kappa shape index (κ1) is 34.5. The van der Waals surface area contributed by atoms with E-state index in [-0.39, 0.29) is 50.1 Å². The van der Waals surface area contributed by atoms with Crippen LogP contribution >= 0.6 is 35.0 Å². The molecule has 2 fully saturated rings. The van der Waals surface area contributed by atoms with Crippen LogP contribution in [0.5, 0.6) is 0 Å². The first-order valence-corrected chi connectivity index (χ1v) is 17.3. The van der Waals surface area contributed by atoms with E-state index in [0.717, 1.165) is 35.8 Å². The van der Waals surface area contributed by atoms with Gasteiger partial charge in [-0.15, -0.1) is 0 Å². The number of aromatic nitrogens is 2. The van der Waals surface area contributed by atoms with E-state index < -0.39 is 17.5 Å². The minimum atomic E-state index is -4.21. The van der Waals surface area contributed by atoms with Gasteiger partial charge in [-0.25, -0.2) is 4.98 Å². The molecule has 2 aliphatic rings. The highest BCUT2D eigenvalue weighted by Gasteiger charge is 2.41. The molecule has 8 nitrogen and oxygen atoms in total. The lowest BCUT2D eigenvalue weighted by Crippen LogP contribution is -2.41. The Kier molecular flexibility index (Phi) is 10.3. The third kappa shape index (κ3) is 7.65. The maximum Gasteiger partial charge on any atom is 0.391 e. The van der Waals surface area contributed by atoms with Gasteiger partial charge in [0.15, 0.2) is 0 Å². The number of hydrogen-bond donors (Lipinski definition) is 3. The molecule has 250 valence electrons. The number of fused-ring (bicyclic) bond motifs is 1. The number of imidazole rings is 1. The van der Waals surface area contributed by atoms with Gasteiger partial charge >= 0.3 is 6.18 Å². The summed E-state index contributed by atoms with van der Waals surface area (Å²) in [4.78, 5) is 33.1. The van der Waals surface area contributed by atoms with E-state index in [9.17, 15) is 22.8 Å². The van der Waals surface area contributed by atoms with Gasteiger partial charge in [0.1, 0.15) is 0 Å². The summed E-state index contributed by atoms with van der Waals surface area (Å²) in [5.41, 5.74) is 3.10. The zero-order chi connectivity index (χ0) is 33.4. The standard InChI is InChI=1S/C32H39Cl2F3N6O2S/c1-31(2,3)29(45)38-17-18-5-10-22(33)27(26(18)34)41-30-40-23-15-21(24(16-25(23)42(30)4)43-11-13-46-14-12-43)28(44)39-20-8-6-19(7-9-20)32(35,36)37/h5,10,15-16,19-20H,6-9,11-14,17H2,1-4H3,(H,38,45)(H,39,44)(H,40,41)/t19-,20-. The summed E-state index contributed by atoms with van der Waals surface area (Å²) < 4.78 is 41.5. The van der Waals surface area contributed by atoms with Gasteiger partial charge in [-0.1, -0.05) is 50.0 Å². The number of rotatable bonds is 7. The molecule has 5 rings (SSSR count). The summed E-state index contributed by atoms with van der Waals surface area (Å²) in [7, 11) is 1.85. The van der Waals surface area contributed by atoms with Crippen LogP contribution in [0.4, 0.5) is 30.5 Å². The van der Waals surface area contributed by atoms with Crippen LogP contribution in [-0.4, -0.2) is 58.2 Å². The van der Waals surface area contributed by atoms with Gasteiger partial charge in [0, 0.05) is 49.6 Å². The lowest BCUT2D eigenvalue weighted by molar-refractivity contribution is -0.182. The summed E-state index contributed by atoms with van der Waals surface area (Å²) in [6.45, 7) is 7.24. The molecular formula is C32H39Cl2F3N6O2S. The third-order valence-corrected chi connectivity index (χ3v) is 10.3. The predicted molar refractivity (Wildman–Crippen MR) is 181 cm³/mol. The van der Waals surface area contributed by atoms with Gasteiger partial charge in [-0.3, -0.25) is 9.59 Å². The van der Waals surface area contributed by atoms with Gasteiger partial charge in [0.05, 0.1) is 43.9 Å². The Labute approximate surface area is 281 Å². The Morgan fingerprint density at radius 1 is 1.04 bits per heavy atom. The summed E-state index contributed by atoms with van der Waals surface area (Å²) >= 11 is 15.2. The Hall–Kier alpha value is -2.83. The lowest BCUT2D eigenvalue weighted by Gasteiger charge is -2.32. The van der Waals surface area contributed by atoms with Crippen molar-refractivity contribution in [2.24, 2.45) is 18.4 Å². The van der Waals surface area contributed by atoms with Crippen molar-refractivity contribution in [3.63, 3.8) is 0 Å². The van der Waals surface area contributed by atoms with Crippen molar-refractivity contribution in [1.82, 2.24) is 20.2 Å². The molecule has 0 unspecified atom stereocenters. The van der Waals surface area contributed by atoms with Crippen molar-refractivity contribution in [2.45, 2.75) is 65.2 Å². The molecule has 46 heavy (non-hydrogen) atoms. The highest BCUT2D eigenvalue weighted by atomic mass is 35.5. The van der Waals surface area contributed by atoms with Crippen LogP contribution in [0, 0.1) is 11.3 Å². The molecule has 1 saturated heterocycles. The second-order valence-corrected chi connectivity index (χ2v) is 15.0. The number of carbonyl (C=O) groups excluding carboxylic acids is 2. The number of halogens is 5. The highest BCUT2D eigenvalue weighted by molar-refractivity contribution is 7.99. The molecule has 0 atom stereocenters. The van der Waals surface area contributed by atoms with Crippen molar-refractivity contribution >= 4 is 75.1 Å². The zero-order valence-corrected chi connectivity index (χ0v) is 28.6. The van der Waals surface area contributed by atoms with Crippen LogP contribution in [0.2, 0.25) is 10.0 Å². The number of aryl methyl sites for hydroxylation is 1. The summed E-state index contributed by atoms with van der Waals surface area (Å²) in [5, 5.41) is 9.89. The number of amides is 2. The topological polar surface area (TPSA) is 91.3 Å². The number of benzene rings is 2. The van der Waals surface area contributed by atoms with Crippen LogP contribution < -0.4 is 20.9 Å². The van der Waals surface area contributed by atoms with Gasteiger partial charge in [-0.05, 0) is 49.4 Å². The van der Waals surface area contributed by atoms with Crippen molar-refractivity contribution in [3.8, 4) is 0 Å². The van der Waals surface area contributed by atoms with E-state index in [2.05, 4.69) is 20.9 Å². The van der Waals surface area contributed by atoms with E-state index in [0.29, 0.717) is 38.3 Å². The number of carbonyl (C=O) groups is 2. The monoisotopic (exact) mass is 698 g/mol. The average Bonchev–Trinajstić information content (AvgIpc) is 3.31. The average molecular weight is 700 g/mol. The molecular weight excluding hydrogens is 660 g/mol. The van der Waals surface area contributed by atoms with Crippen LogP contribution in [0.3, 0.4) is 0 Å². The quantitative estimate of drug-likeness (QED) is 0.234. The Morgan fingerprint density at radius 3 is 2.35 bits per heavy atom. The Morgan fingerprint density at radius 2 is 1.72 bits per heavy atom. The van der Waals surface area contributed by atoms with E-state index in [1.807, 2.05) is 50.2 Å². The molecule has 3 N–H and O–H groups in total. The zero-order valence-electron chi connectivity index (χ0n) is 26.3. The van der Waals surface area contributed by atoms with Gasteiger partial charge in [-0.2, -0.15) is 24.9 Å². The van der Waals surface area contributed by atoms with Crippen LogP contribution in [0.25, 0.3) is 11.0 Å². The minimum absolute atomic E-state index is 0.00817. The number of nitrogens with zero attached hydrogens (tertiary/aromatic N) is 3. The molecule has 14 heteroatoms. The normalized spacial score (nSPS) is 19.3. The molecule has 0 bridgehead atoms. The molecule has 2 heterocycles. The number of alkyl halides is 3. The summed E-state index contributed by atoms with van der Waals surface area (Å²) in [6.07, 6.45) is -3.62. The first-order chi connectivity index (χ1) is 21.6. The van der Waals surface area contributed by atoms with Crippen molar-refractivity contribution < 1.29 is 22.8 Å². The Bertz CT molecular complexity index is 1610. The summed E-state index contributed by atoms with van der Waals surface area (Å²) in [6, 6.07) is 6.83. The highest BCUT2D eigenvalue weighted by Crippen LogP contribution is 2.39. The van der Waals surface area contributed by atoms with Crippen LogP contribution in [-0.2, 0) is 18.4 Å². The van der Waals surface area contributed by atoms with Gasteiger partial charge < -0.3 is 25.4 Å². The second-order valence-electron chi connectivity index (χ2n) is 13.0. The molecule has 1 aliphatic carbocycles. The minimum Gasteiger partial charge on any atom is -0.369 e. The fourth-order valence-corrected chi connectivity index (χ4v) is 7.25. The molecule has 2 aromatic carbocycles. The first-order valence-electron chi connectivity index (χ1n) is 15.4. The van der Waals surface area contributed by atoms with E-state index in [4.69, 9.17) is 28.2 Å². The molecule has 1 saturated carbocycles. The van der Waals surface area contributed by atoms with Crippen molar-refractivity contribution in [3.05, 3.63) is 45.4 Å². The predicted octanol–water partition coefficient (Wildman–Crippen LogP) is 7.69. The number of anilines is 3. The number of nitrogens with one attached hydrogen (secondary N) is 3. The third-order valence-electron chi connectivity index (χ3n) is 8.65. The van der Waals surface area contributed by atoms with Crippen molar-refractivity contribution in [1.29, 1.82) is 0 Å². The molecule has 0 radical (unpaired) electrons. The number of hydrogen-bond acceptors (Lipinski definition) is 6. The van der Waals surface area contributed by atoms with Crippen LogP contribution in [0.15, 0.2) is 24.3 Å². The van der Waals surface area contributed by atoms with Crippen molar-refractivity contribution in [2.75, 3.05) is 34.8 Å². The fraction of sp³-hybridized carbons (Fsp3) is 0.531. The Balaban J connectivity index is 1.43. The number of thioether (sulfide) groups is 1. The van der Waals surface area contributed by atoms with Crippen LogP contribution in [0.1, 0.15) is 62.4 Å². The maximum absolute atomic E-state index is 13.7. The molecule has 0 spiro atoms. The largest absolute Gasteiger partial charge is 0.391 e. The van der Waals surface area contributed by atoms with E-state index in [1.165, 1.54) is 0 Å². The SMILES string of the molecule is Cn1c(Nc2c(Cl)ccc(CNC(=O)C(C)(C)C)c2Cl)nc2cc(C(=O)N[C@H]3CC[C@H](C(F)(F)F)CC3)c(N3CCSCC3)cc21. The molecule has 1 aromatic heterocycles. The van der Waals surface area contributed by atoms with Gasteiger partial charge in [0.2, 0.25) is 11.9 Å². The fourth-order valence-electron chi connectivity index (χ4n) is 5.81. The lowest BCUT2D eigenvalue weighted by atomic mass is 9.85. The summed E-state index contributed by atoms with van der Waals surface area (Å²) in [5.74, 6) is 0.535. The van der Waals surface area contributed by atoms with E-state index >= 15 is 0 Å². The molecule has 3 aromatic rings. The van der Waals surface area contributed by atoms with E-state index in [1.54, 1.807) is 18.2 Å². The molecule has 2 amide bonds. The smallest absolute Gasteiger partial charge is 0.369 e.